The molecule has 1 rings (SSSR count). The monoisotopic (exact) mass is 246 g/mol. The van der Waals surface area contributed by atoms with Gasteiger partial charge in [0, 0.05) is 5.69 Å². The minimum atomic E-state index is -0.908. The lowest BCUT2D eigenvalue weighted by atomic mass is 10.1. The molecule has 0 radical (unpaired) electrons. The van der Waals surface area contributed by atoms with E-state index in [4.69, 9.17) is 5.11 Å². The number of carbonyl (C=O) groups excluding carboxylic acids is 1. The standard InChI is InChI=1S/C13H14N2O3/c1-2-3-7-14-13(18)15-11-6-4-5-10(8-11)9-12(16)17/h4-6,8H,7,9H2,1H3,(H,16,17)(H2,14,15,18). The number of carboxylic acid groups (broad SMARTS) is 1. The normalized spacial score (nSPS) is 8.94. The first-order chi connectivity index (χ1) is 8.61. The minimum absolute atomic E-state index is 0.0710. The summed E-state index contributed by atoms with van der Waals surface area (Å²) in [6, 6.07) is 6.33. The van der Waals surface area contributed by atoms with E-state index in [2.05, 4.69) is 22.5 Å². The molecule has 0 bridgehead atoms. The van der Waals surface area contributed by atoms with Crippen molar-refractivity contribution < 1.29 is 14.7 Å². The molecule has 3 N–H and O–H groups in total. The number of hydrogen-bond acceptors (Lipinski definition) is 2. The average Bonchev–Trinajstić information content (AvgIpc) is 2.28. The smallest absolute Gasteiger partial charge is 0.319 e. The number of hydrogen-bond donors (Lipinski definition) is 3. The van der Waals surface area contributed by atoms with Gasteiger partial charge in [0.15, 0.2) is 0 Å². The average molecular weight is 246 g/mol. The van der Waals surface area contributed by atoms with Crippen molar-refractivity contribution in [2.24, 2.45) is 0 Å². The van der Waals surface area contributed by atoms with Crippen molar-refractivity contribution in [2.45, 2.75) is 13.3 Å². The highest BCUT2D eigenvalue weighted by Gasteiger charge is 2.03. The second-order valence-electron chi connectivity index (χ2n) is 3.51. The SMILES string of the molecule is CC#CCNC(=O)Nc1cccc(CC(=O)O)c1. The molecule has 2 amide bonds. The summed E-state index contributed by atoms with van der Waals surface area (Å²) in [5.74, 6) is 4.46. The Bertz CT molecular complexity index is 500. The largest absolute Gasteiger partial charge is 0.481 e. The van der Waals surface area contributed by atoms with E-state index in [0.717, 1.165) is 0 Å². The van der Waals surface area contributed by atoms with Crippen LogP contribution in [0.4, 0.5) is 10.5 Å². The Balaban J connectivity index is 2.57. The first-order valence-electron chi connectivity index (χ1n) is 5.37. The van der Waals surface area contributed by atoms with Crippen molar-refractivity contribution in [2.75, 3.05) is 11.9 Å². The summed E-state index contributed by atoms with van der Waals surface area (Å²) in [6.07, 6.45) is -0.0710. The van der Waals surface area contributed by atoms with Crippen molar-refractivity contribution in [3.8, 4) is 11.8 Å². The van der Waals surface area contributed by atoms with Crippen LogP contribution in [-0.2, 0) is 11.2 Å². The molecule has 18 heavy (non-hydrogen) atoms. The van der Waals surface area contributed by atoms with Gasteiger partial charge in [-0.2, -0.15) is 0 Å². The third-order valence-corrected chi connectivity index (χ3v) is 2.05. The Morgan fingerprint density at radius 3 is 2.83 bits per heavy atom. The summed E-state index contributed by atoms with van der Waals surface area (Å²) in [4.78, 5) is 22.0. The van der Waals surface area contributed by atoms with Crippen LogP contribution in [-0.4, -0.2) is 23.7 Å². The van der Waals surface area contributed by atoms with Crippen LogP contribution < -0.4 is 10.6 Å². The van der Waals surface area contributed by atoms with Gasteiger partial charge in [-0.3, -0.25) is 4.79 Å². The van der Waals surface area contributed by atoms with Crippen LogP contribution in [0.15, 0.2) is 24.3 Å². The van der Waals surface area contributed by atoms with Gasteiger partial charge in [-0.05, 0) is 24.6 Å². The third-order valence-electron chi connectivity index (χ3n) is 2.05. The number of urea groups is 1. The first-order valence-corrected chi connectivity index (χ1v) is 5.37. The predicted octanol–water partition coefficient (Wildman–Crippen LogP) is 1.46. The van der Waals surface area contributed by atoms with E-state index in [0.29, 0.717) is 11.3 Å². The highest BCUT2D eigenvalue weighted by molar-refractivity contribution is 5.89. The lowest BCUT2D eigenvalue weighted by Crippen LogP contribution is -2.28. The molecule has 1 aromatic carbocycles. The lowest BCUT2D eigenvalue weighted by Gasteiger charge is -2.06. The number of rotatable bonds is 4. The van der Waals surface area contributed by atoms with Crippen LogP contribution >= 0.6 is 0 Å². The van der Waals surface area contributed by atoms with Gasteiger partial charge in [-0.25, -0.2) is 4.79 Å². The Kier molecular flexibility index (Phi) is 5.26. The molecule has 0 saturated carbocycles. The van der Waals surface area contributed by atoms with E-state index in [1.807, 2.05) is 0 Å². The molecule has 0 aliphatic carbocycles. The maximum Gasteiger partial charge on any atom is 0.319 e. The first kappa shape index (κ1) is 13.6. The van der Waals surface area contributed by atoms with Gasteiger partial charge in [0.2, 0.25) is 0 Å². The van der Waals surface area contributed by atoms with Crippen LogP contribution in [0, 0.1) is 11.8 Å². The Hall–Kier alpha value is -2.48. The number of carbonyl (C=O) groups is 2. The van der Waals surface area contributed by atoms with Crippen LogP contribution in [0.2, 0.25) is 0 Å². The Morgan fingerprint density at radius 2 is 2.17 bits per heavy atom. The fourth-order valence-electron chi connectivity index (χ4n) is 1.32. The molecule has 0 aliphatic rings. The quantitative estimate of drug-likeness (QED) is 0.704. The summed E-state index contributed by atoms with van der Waals surface area (Å²) in [7, 11) is 0. The Labute approximate surface area is 105 Å². The number of nitrogens with one attached hydrogen (secondary N) is 2. The zero-order valence-electron chi connectivity index (χ0n) is 9.99. The van der Waals surface area contributed by atoms with Crippen LogP contribution in [0.5, 0.6) is 0 Å². The number of anilines is 1. The summed E-state index contributed by atoms with van der Waals surface area (Å²) >= 11 is 0. The number of benzene rings is 1. The molecule has 5 nitrogen and oxygen atoms in total. The zero-order chi connectivity index (χ0) is 13.4. The summed E-state index contributed by atoms with van der Waals surface area (Å²) in [5, 5.41) is 13.8. The second kappa shape index (κ2) is 6.97. The maximum absolute atomic E-state index is 11.4. The zero-order valence-corrected chi connectivity index (χ0v) is 9.99. The number of carboxylic acids is 1. The van der Waals surface area contributed by atoms with E-state index < -0.39 is 5.97 Å². The van der Waals surface area contributed by atoms with Gasteiger partial charge in [-0.15, -0.1) is 5.92 Å². The molecule has 0 spiro atoms. The van der Waals surface area contributed by atoms with Crippen molar-refractivity contribution in [1.29, 1.82) is 0 Å². The molecule has 1 aromatic rings. The molecular weight excluding hydrogens is 232 g/mol. The molecule has 0 unspecified atom stereocenters. The van der Waals surface area contributed by atoms with Gasteiger partial charge in [0.05, 0.1) is 13.0 Å². The Morgan fingerprint density at radius 1 is 1.39 bits per heavy atom. The van der Waals surface area contributed by atoms with E-state index in [-0.39, 0.29) is 19.0 Å². The third kappa shape index (κ3) is 5.03. The number of amides is 2. The van der Waals surface area contributed by atoms with Gasteiger partial charge < -0.3 is 15.7 Å². The number of aliphatic carboxylic acids is 1. The molecule has 0 fully saturated rings. The molecule has 0 atom stereocenters. The molecule has 0 aromatic heterocycles. The van der Waals surface area contributed by atoms with E-state index in [1.165, 1.54) is 0 Å². The van der Waals surface area contributed by atoms with Gasteiger partial charge in [0.25, 0.3) is 0 Å². The van der Waals surface area contributed by atoms with Crippen LogP contribution in [0.25, 0.3) is 0 Å². The van der Waals surface area contributed by atoms with E-state index in [1.54, 1.807) is 31.2 Å². The molecular formula is C13H14N2O3. The molecule has 0 aliphatic heterocycles. The van der Waals surface area contributed by atoms with Gasteiger partial charge >= 0.3 is 12.0 Å². The van der Waals surface area contributed by atoms with Crippen molar-refractivity contribution >= 4 is 17.7 Å². The maximum atomic E-state index is 11.4. The van der Waals surface area contributed by atoms with Crippen molar-refractivity contribution in [3.05, 3.63) is 29.8 Å². The van der Waals surface area contributed by atoms with E-state index >= 15 is 0 Å². The van der Waals surface area contributed by atoms with E-state index in [9.17, 15) is 9.59 Å². The summed E-state index contributed by atoms with van der Waals surface area (Å²) < 4.78 is 0. The van der Waals surface area contributed by atoms with Crippen LogP contribution in [0.3, 0.4) is 0 Å². The molecule has 94 valence electrons. The highest BCUT2D eigenvalue weighted by Crippen LogP contribution is 2.10. The molecule has 0 heterocycles. The summed E-state index contributed by atoms with van der Waals surface area (Å²) in [5.41, 5.74) is 1.18. The predicted molar refractivity (Wildman–Crippen MR) is 68.3 cm³/mol. The molecule has 5 heteroatoms. The minimum Gasteiger partial charge on any atom is -0.481 e. The van der Waals surface area contributed by atoms with Crippen LogP contribution in [0.1, 0.15) is 12.5 Å². The van der Waals surface area contributed by atoms with Crippen molar-refractivity contribution in [1.82, 2.24) is 5.32 Å². The van der Waals surface area contributed by atoms with Gasteiger partial charge in [0.1, 0.15) is 0 Å². The lowest BCUT2D eigenvalue weighted by molar-refractivity contribution is -0.136. The second-order valence-corrected chi connectivity index (χ2v) is 3.51. The molecule has 0 saturated heterocycles. The highest BCUT2D eigenvalue weighted by atomic mass is 16.4. The fourth-order valence-corrected chi connectivity index (χ4v) is 1.32. The topological polar surface area (TPSA) is 78.4 Å². The van der Waals surface area contributed by atoms with Gasteiger partial charge in [-0.1, -0.05) is 18.1 Å². The summed E-state index contributed by atoms with van der Waals surface area (Å²) in [6.45, 7) is 1.96. The fraction of sp³-hybridized carbons (Fsp3) is 0.231. The van der Waals surface area contributed by atoms with Crippen molar-refractivity contribution in [3.63, 3.8) is 0 Å².